The predicted octanol–water partition coefficient (Wildman–Crippen LogP) is 2.34. The van der Waals surface area contributed by atoms with Crippen LogP contribution in [-0.2, 0) is 22.6 Å². The Labute approximate surface area is 113 Å². The topological polar surface area (TPSA) is 43.4 Å². The van der Waals surface area contributed by atoms with Crippen LogP contribution in [0, 0.1) is 0 Å². The van der Waals surface area contributed by atoms with E-state index in [-0.39, 0.29) is 0 Å². The molecule has 18 heavy (non-hydrogen) atoms. The maximum Gasteiger partial charge on any atom is 0.107 e. The van der Waals surface area contributed by atoms with Crippen molar-refractivity contribution in [3.8, 4) is 0 Å². The van der Waals surface area contributed by atoms with Gasteiger partial charge >= 0.3 is 0 Å². The summed E-state index contributed by atoms with van der Waals surface area (Å²) in [6.45, 7) is 5.73. The van der Waals surface area contributed by atoms with E-state index in [4.69, 9.17) is 9.47 Å². The van der Waals surface area contributed by atoms with Crippen LogP contribution < -0.4 is 5.32 Å². The van der Waals surface area contributed by atoms with Crippen molar-refractivity contribution in [3.05, 3.63) is 16.1 Å². The molecule has 0 saturated heterocycles. The quantitative estimate of drug-likeness (QED) is 0.663. The molecule has 1 aliphatic rings. The highest BCUT2D eigenvalue weighted by Gasteiger charge is 2.20. The SMILES string of the molecule is CCCOCCOCc1csc(CNC2CC2)n1. The predicted molar refractivity (Wildman–Crippen MR) is 72.7 cm³/mol. The van der Waals surface area contributed by atoms with E-state index in [0.29, 0.717) is 19.8 Å². The first-order valence-electron chi connectivity index (χ1n) is 6.70. The van der Waals surface area contributed by atoms with E-state index in [1.807, 2.05) is 0 Å². The molecule has 2 rings (SSSR count). The average Bonchev–Trinajstić information content (AvgIpc) is 3.11. The van der Waals surface area contributed by atoms with Gasteiger partial charge in [0.05, 0.1) is 25.5 Å². The Morgan fingerprint density at radius 1 is 1.33 bits per heavy atom. The number of hydrogen-bond donors (Lipinski definition) is 1. The van der Waals surface area contributed by atoms with Gasteiger partial charge in [-0.25, -0.2) is 4.98 Å². The van der Waals surface area contributed by atoms with Gasteiger partial charge in [0.25, 0.3) is 0 Å². The fourth-order valence-electron chi connectivity index (χ4n) is 1.56. The summed E-state index contributed by atoms with van der Waals surface area (Å²) >= 11 is 1.71. The molecule has 0 amide bonds. The van der Waals surface area contributed by atoms with Crippen LogP contribution in [-0.4, -0.2) is 30.8 Å². The third-order valence-corrected chi connectivity index (χ3v) is 3.59. The van der Waals surface area contributed by atoms with Crippen molar-refractivity contribution in [2.45, 2.75) is 45.4 Å². The lowest BCUT2D eigenvalue weighted by molar-refractivity contribution is 0.0398. The van der Waals surface area contributed by atoms with E-state index < -0.39 is 0 Å². The van der Waals surface area contributed by atoms with Gasteiger partial charge < -0.3 is 14.8 Å². The van der Waals surface area contributed by atoms with Crippen molar-refractivity contribution in [1.82, 2.24) is 10.3 Å². The molecule has 1 aromatic rings. The van der Waals surface area contributed by atoms with Gasteiger partial charge in [-0.1, -0.05) is 6.92 Å². The van der Waals surface area contributed by atoms with E-state index in [1.165, 1.54) is 12.8 Å². The van der Waals surface area contributed by atoms with Crippen LogP contribution in [0.2, 0.25) is 0 Å². The summed E-state index contributed by atoms with van der Waals surface area (Å²) < 4.78 is 10.9. The second kappa shape index (κ2) is 7.84. The maximum atomic E-state index is 5.52. The van der Waals surface area contributed by atoms with Gasteiger partial charge in [-0.15, -0.1) is 11.3 Å². The smallest absolute Gasteiger partial charge is 0.107 e. The van der Waals surface area contributed by atoms with Crippen LogP contribution >= 0.6 is 11.3 Å². The Hall–Kier alpha value is -0.490. The molecule has 1 N–H and O–H groups in total. The number of thiazole rings is 1. The van der Waals surface area contributed by atoms with Gasteiger partial charge in [-0.05, 0) is 19.3 Å². The van der Waals surface area contributed by atoms with E-state index in [1.54, 1.807) is 11.3 Å². The average molecular weight is 270 g/mol. The molecule has 1 saturated carbocycles. The monoisotopic (exact) mass is 270 g/mol. The molecular formula is C13H22N2O2S. The van der Waals surface area contributed by atoms with Crippen molar-refractivity contribution in [3.63, 3.8) is 0 Å². The van der Waals surface area contributed by atoms with Crippen molar-refractivity contribution in [2.75, 3.05) is 19.8 Å². The summed E-state index contributed by atoms with van der Waals surface area (Å²) in [5.41, 5.74) is 1.03. The van der Waals surface area contributed by atoms with E-state index >= 15 is 0 Å². The second-order valence-electron chi connectivity index (χ2n) is 4.55. The van der Waals surface area contributed by atoms with Crippen LogP contribution in [0.1, 0.15) is 36.9 Å². The molecule has 5 heteroatoms. The molecule has 0 bridgehead atoms. The molecule has 1 aliphatic carbocycles. The number of rotatable bonds is 10. The number of aromatic nitrogens is 1. The molecule has 0 radical (unpaired) electrons. The third-order valence-electron chi connectivity index (χ3n) is 2.69. The molecule has 0 aromatic carbocycles. The number of hydrogen-bond acceptors (Lipinski definition) is 5. The van der Waals surface area contributed by atoms with Gasteiger partial charge in [0.2, 0.25) is 0 Å². The Morgan fingerprint density at radius 3 is 2.94 bits per heavy atom. The van der Waals surface area contributed by atoms with Crippen LogP contribution in [0.5, 0.6) is 0 Å². The highest BCUT2D eigenvalue weighted by atomic mass is 32.1. The van der Waals surface area contributed by atoms with Gasteiger partial charge in [-0.3, -0.25) is 0 Å². The first-order chi connectivity index (χ1) is 8.88. The largest absolute Gasteiger partial charge is 0.379 e. The van der Waals surface area contributed by atoms with Crippen molar-refractivity contribution < 1.29 is 9.47 Å². The minimum absolute atomic E-state index is 0.593. The fourth-order valence-corrected chi connectivity index (χ4v) is 2.29. The van der Waals surface area contributed by atoms with Crippen LogP contribution in [0.25, 0.3) is 0 Å². The zero-order chi connectivity index (χ0) is 12.6. The highest BCUT2D eigenvalue weighted by Crippen LogP contribution is 2.20. The molecule has 1 heterocycles. The van der Waals surface area contributed by atoms with Crippen molar-refractivity contribution >= 4 is 11.3 Å². The Kier molecular flexibility index (Phi) is 6.07. The molecule has 0 spiro atoms. The van der Waals surface area contributed by atoms with Crippen LogP contribution in [0.15, 0.2) is 5.38 Å². The summed E-state index contributed by atoms with van der Waals surface area (Å²) in [5.74, 6) is 0. The van der Waals surface area contributed by atoms with E-state index in [0.717, 1.165) is 36.3 Å². The minimum Gasteiger partial charge on any atom is -0.379 e. The number of nitrogens with one attached hydrogen (secondary N) is 1. The minimum atomic E-state index is 0.593. The molecule has 0 unspecified atom stereocenters. The van der Waals surface area contributed by atoms with Crippen LogP contribution in [0.4, 0.5) is 0 Å². The summed E-state index contributed by atoms with van der Waals surface area (Å²) in [7, 11) is 0. The summed E-state index contributed by atoms with van der Waals surface area (Å²) in [5, 5.41) is 6.70. The molecular weight excluding hydrogens is 248 g/mol. The number of nitrogens with zero attached hydrogens (tertiary/aromatic N) is 1. The number of ether oxygens (including phenoxy) is 2. The lowest BCUT2D eigenvalue weighted by Gasteiger charge is -2.03. The normalized spacial score (nSPS) is 15.2. The summed E-state index contributed by atoms with van der Waals surface area (Å²) in [4.78, 5) is 4.53. The van der Waals surface area contributed by atoms with E-state index in [2.05, 4.69) is 22.6 Å². The Bertz CT molecular complexity index is 339. The Balaban J connectivity index is 1.54. The van der Waals surface area contributed by atoms with Gasteiger partial charge in [0.15, 0.2) is 0 Å². The van der Waals surface area contributed by atoms with Crippen molar-refractivity contribution in [2.24, 2.45) is 0 Å². The highest BCUT2D eigenvalue weighted by molar-refractivity contribution is 7.09. The summed E-state index contributed by atoms with van der Waals surface area (Å²) in [6.07, 6.45) is 3.70. The molecule has 102 valence electrons. The molecule has 0 aliphatic heterocycles. The zero-order valence-corrected chi connectivity index (χ0v) is 11.8. The van der Waals surface area contributed by atoms with Crippen molar-refractivity contribution in [1.29, 1.82) is 0 Å². The molecule has 1 aromatic heterocycles. The van der Waals surface area contributed by atoms with Gasteiger partial charge in [0, 0.05) is 24.6 Å². The first-order valence-corrected chi connectivity index (χ1v) is 7.58. The Morgan fingerprint density at radius 2 is 2.17 bits per heavy atom. The molecule has 4 nitrogen and oxygen atoms in total. The lowest BCUT2D eigenvalue weighted by Crippen LogP contribution is -2.15. The van der Waals surface area contributed by atoms with Crippen LogP contribution in [0.3, 0.4) is 0 Å². The maximum absolute atomic E-state index is 5.52. The van der Waals surface area contributed by atoms with Gasteiger partial charge in [-0.2, -0.15) is 0 Å². The lowest BCUT2D eigenvalue weighted by atomic mass is 10.5. The summed E-state index contributed by atoms with van der Waals surface area (Å²) in [6, 6.07) is 0.740. The molecule has 0 atom stereocenters. The second-order valence-corrected chi connectivity index (χ2v) is 5.50. The zero-order valence-electron chi connectivity index (χ0n) is 11.0. The van der Waals surface area contributed by atoms with Gasteiger partial charge in [0.1, 0.15) is 5.01 Å². The van der Waals surface area contributed by atoms with E-state index in [9.17, 15) is 0 Å². The standard InChI is InChI=1S/C13H22N2O2S/c1-2-5-16-6-7-17-9-12-10-18-13(15-12)8-14-11-3-4-11/h10-11,14H,2-9H2,1H3. The fraction of sp³-hybridized carbons (Fsp3) is 0.769. The molecule has 1 fully saturated rings. The third kappa shape index (κ3) is 5.44. The first kappa shape index (κ1) is 13.9.